The molecule has 1 aromatic heterocycles. The molecule has 0 spiro atoms. The summed E-state index contributed by atoms with van der Waals surface area (Å²) < 4.78 is 11.2. The zero-order valence-corrected chi connectivity index (χ0v) is 16.0. The van der Waals surface area contributed by atoms with Crippen molar-refractivity contribution in [2.75, 3.05) is 17.7 Å². The van der Waals surface area contributed by atoms with Crippen LogP contribution in [0.25, 0.3) is 0 Å². The van der Waals surface area contributed by atoms with Gasteiger partial charge in [0.05, 0.1) is 24.6 Å². The van der Waals surface area contributed by atoms with Crippen LogP contribution in [0.5, 0.6) is 11.5 Å². The molecule has 0 aliphatic heterocycles. The van der Waals surface area contributed by atoms with E-state index in [1.165, 1.54) is 0 Å². The number of rotatable bonds is 7. The largest absolute Gasteiger partial charge is 0.495 e. The monoisotopic (exact) mass is 364 g/mol. The van der Waals surface area contributed by atoms with Crippen LogP contribution in [-0.4, -0.2) is 23.2 Å². The molecule has 0 atom stereocenters. The van der Waals surface area contributed by atoms with Crippen LogP contribution < -0.4 is 20.1 Å². The van der Waals surface area contributed by atoms with Crippen LogP contribution in [0.4, 0.5) is 23.1 Å². The van der Waals surface area contributed by atoms with Gasteiger partial charge >= 0.3 is 0 Å². The predicted molar refractivity (Wildman–Crippen MR) is 109 cm³/mol. The summed E-state index contributed by atoms with van der Waals surface area (Å²) in [6.45, 7) is 6.02. The van der Waals surface area contributed by atoms with Gasteiger partial charge in [-0.3, -0.25) is 0 Å². The number of aryl methyl sites for hydroxylation is 1. The Morgan fingerprint density at radius 2 is 1.74 bits per heavy atom. The number of nitrogens with zero attached hydrogens (tertiary/aromatic N) is 2. The number of methoxy groups -OCH3 is 1. The minimum Gasteiger partial charge on any atom is -0.495 e. The molecule has 0 aliphatic carbocycles. The molecule has 0 unspecified atom stereocenters. The van der Waals surface area contributed by atoms with Crippen molar-refractivity contribution < 1.29 is 9.47 Å². The van der Waals surface area contributed by atoms with Crippen molar-refractivity contribution in [3.8, 4) is 11.5 Å². The highest BCUT2D eigenvalue weighted by Crippen LogP contribution is 2.29. The van der Waals surface area contributed by atoms with Crippen LogP contribution in [0.2, 0.25) is 0 Å². The number of hydrogen-bond acceptors (Lipinski definition) is 6. The summed E-state index contributed by atoms with van der Waals surface area (Å²) in [7, 11) is 1.64. The molecule has 3 aromatic rings. The summed E-state index contributed by atoms with van der Waals surface area (Å²) in [5.41, 5.74) is 2.79. The van der Waals surface area contributed by atoms with E-state index in [4.69, 9.17) is 9.47 Å². The lowest BCUT2D eigenvalue weighted by molar-refractivity contribution is 0.244. The van der Waals surface area contributed by atoms with Gasteiger partial charge in [0, 0.05) is 6.20 Å². The second-order valence-corrected chi connectivity index (χ2v) is 6.38. The minimum atomic E-state index is 0.0874. The van der Waals surface area contributed by atoms with E-state index in [1.54, 1.807) is 13.3 Å². The Morgan fingerprint density at radius 3 is 2.52 bits per heavy atom. The molecule has 2 N–H and O–H groups in total. The Balaban J connectivity index is 1.82. The van der Waals surface area contributed by atoms with E-state index in [0.29, 0.717) is 11.8 Å². The fourth-order valence-corrected chi connectivity index (χ4v) is 2.59. The van der Waals surface area contributed by atoms with Gasteiger partial charge in [-0.05, 0) is 56.7 Å². The van der Waals surface area contributed by atoms with Gasteiger partial charge in [-0.2, -0.15) is 4.98 Å². The molecule has 6 nitrogen and oxygen atoms in total. The highest BCUT2D eigenvalue weighted by molar-refractivity contribution is 5.67. The lowest BCUT2D eigenvalue weighted by atomic mass is 10.2. The molecular formula is C21H24N4O2. The van der Waals surface area contributed by atoms with Crippen molar-refractivity contribution in [2.24, 2.45) is 0 Å². The standard InChI is InChI=1S/C21H24N4O2/c1-14(2)27-19-8-6-5-7-16(19)23-20-11-12-22-21(25-20)24-17-13-15(3)9-10-18(17)26-4/h5-14H,1-4H3,(H2,22,23,24,25). The SMILES string of the molecule is COc1ccc(C)cc1Nc1nccc(Nc2ccccc2OC(C)C)n1. The molecule has 0 saturated heterocycles. The van der Waals surface area contributed by atoms with E-state index in [-0.39, 0.29) is 6.10 Å². The third-order valence-electron chi connectivity index (χ3n) is 3.77. The van der Waals surface area contributed by atoms with Crippen LogP contribution in [-0.2, 0) is 0 Å². The molecule has 2 aromatic carbocycles. The highest BCUT2D eigenvalue weighted by Gasteiger charge is 2.09. The van der Waals surface area contributed by atoms with E-state index in [0.717, 1.165) is 28.4 Å². The van der Waals surface area contributed by atoms with Gasteiger partial charge < -0.3 is 20.1 Å². The first kappa shape index (κ1) is 18.5. The van der Waals surface area contributed by atoms with E-state index in [9.17, 15) is 0 Å². The molecule has 0 bridgehead atoms. The Kier molecular flexibility index (Phi) is 5.76. The highest BCUT2D eigenvalue weighted by atomic mass is 16.5. The number of para-hydroxylation sites is 2. The van der Waals surface area contributed by atoms with Crippen molar-refractivity contribution in [1.29, 1.82) is 0 Å². The Morgan fingerprint density at radius 1 is 0.926 bits per heavy atom. The Hall–Kier alpha value is -3.28. The fourth-order valence-electron chi connectivity index (χ4n) is 2.59. The molecule has 0 radical (unpaired) electrons. The van der Waals surface area contributed by atoms with Crippen molar-refractivity contribution in [3.05, 3.63) is 60.3 Å². The number of benzene rings is 2. The average molecular weight is 364 g/mol. The summed E-state index contributed by atoms with van der Waals surface area (Å²) >= 11 is 0. The van der Waals surface area contributed by atoms with Crippen LogP contribution in [0.3, 0.4) is 0 Å². The van der Waals surface area contributed by atoms with E-state index >= 15 is 0 Å². The number of nitrogens with one attached hydrogen (secondary N) is 2. The predicted octanol–water partition coefficient (Wildman–Crippen LogP) is 5.07. The number of anilines is 4. The second-order valence-electron chi connectivity index (χ2n) is 6.38. The number of hydrogen-bond donors (Lipinski definition) is 2. The molecule has 1 heterocycles. The van der Waals surface area contributed by atoms with Crippen LogP contribution in [0.15, 0.2) is 54.7 Å². The summed E-state index contributed by atoms with van der Waals surface area (Å²) in [6.07, 6.45) is 1.79. The van der Waals surface area contributed by atoms with Gasteiger partial charge in [-0.1, -0.05) is 18.2 Å². The zero-order chi connectivity index (χ0) is 19.2. The molecular weight excluding hydrogens is 340 g/mol. The van der Waals surface area contributed by atoms with Crippen LogP contribution >= 0.6 is 0 Å². The molecule has 0 aliphatic rings. The summed E-state index contributed by atoms with van der Waals surface area (Å²) in [5.74, 6) is 2.66. The third-order valence-corrected chi connectivity index (χ3v) is 3.77. The Labute approximate surface area is 159 Å². The normalized spacial score (nSPS) is 10.6. The van der Waals surface area contributed by atoms with Gasteiger partial charge in [0.1, 0.15) is 17.3 Å². The maximum Gasteiger partial charge on any atom is 0.229 e. The molecule has 27 heavy (non-hydrogen) atoms. The van der Waals surface area contributed by atoms with Crippen LogP contribution in [0.1, 0.15) is 19.4 Å². The van der Waals surface area contributed by atoms with E-state index < -0.39 is 0 Å². The third kappa shape index (κ3) is 4.88. The summed E-state index contributed by atoms with van der Waals surface area (Å²) in [5, 5.41) is 6.52. The molecule has 3 rings (SSSR count). The van der Waals surface area contributed by atoms with Crippen LogP contribution in [0, 0.1) is 6.92 Å². The van der Waals surface area contributed by atoms with E-state index in [2.05, 4.69) is 20.6 Å². The van der Waals surface area contributed by atoms with Gasteiger partial charge in [-0.15, -0.1) is 0 Å². The smallest absolute Gasteiger partial charge is 0.229 e. The van der Waals surface area contributed by atoms with Crippen molar-refractivity contribution in [2.45, 2.75) is 26.9 Å². The topological polar surface area (TPSA) is 68.3 Å². The van der Waals surface area contributed by atoms with Crippen molar-refractivity contribution in [3.63, 3.8) is 0 Å². The van der Waals surface area contributed by atoms with E-state index in [1.807, 2.05) is 69.3 Å². The second kappa shape index (κ2) is 8.40. The minimum absolute atomic E-state index is 0.0874. The molecule has 0 fully saturated rings. The van der Waals surface area contributed by atoms with Gasteiger partial charge in [0.2, 0.25) is 5.95 Å². The first-order valence-electron chi connectivity index (χ1n) is 8.82. The first-order chi connectivity index (χ1) is 13.0. The molecule has 0 amide bonds. The molecule has 140 valence electrons. The quantitative estimate of drug-likeness (QED) is 0.610. The summed E-state index contributed by atoms with van der Waals surface area (Å²) in [6, 6.07) is 15.5. The Bertz CT molecular complexity index is 912. The molecule has 0 saturated carbocycles. The van der Waals surface area contributed by atoms with Gasteiger partial charge in [-0.25, -0.2) is 4.98 Å². The number of ether oxygens (including phenoxy) is 2. The van der Waals surface area contributed by atoms with Gasteiger partial charge in [0.25, 0.3) is 0 Å². The van der Waals surface area contributed by atoms with Crippen molar-refractivity contribution >= 4 is 23.1 Å². The summed E-state index contributed by atoms with van der Waals surface area (Å²) in [4.78, 5) is 8.85. The zero-order valence-electron chi connectivity index (χ0n) is 16.0. The maximum absolute atomic E-state index is 5.85. The first-order valence-corrected chi connectivity index (χ1v) is 8.82. The molecule has 6 heteroatoms. The number of aromatic nitrogens is 2. The lowest BCUT2D eigenvalue weighted by Gasteiger charge is -2.15. The van der Waals surface area contributed by atoms with Crippen molar-refractivity contribution in [1.82, 2.24) is 9.97 Å². The maximum atomic E-state index is 5.85. The van der Waals surface area contributed by atoms with Gasteiger partial charge in [0.15, 0.2) is 0 Å². The average Bonchev–Trinajstić information content (AvgIpc) is 2.63. The lowest BCUT2D eigenvalue weighted by Crippen LogP contribution is -2.08. The fraction of sp³-hybridized carbons (Fsp3) is 0.238.